The van der Waals surface area contributed by atoms with E-state index < -0.39 is 12.3 Å². The van der Waals surface area contributed by atoms with E-state index in [1.165, 1.54) is 41.9 Å². The fraction of sp³-hybridized carbons (Fsp3) is 0.0769. The zero-order valence-electron chi connectivity index (χ0n) is 71.1. The van der Waals surface area contributed by atoms with Crippen LogP contribution in [0.4, 0.5) is 0 Å². The highest BCUT2D eigenvalue weighted by molar-refractivity contribution is 7.21. The number of carbonyl (C=O) groups is 4. The first-order valence-electron chi connectivity index (χ1n) is 39.7. The highest BCUT2D eigenvalue weighted by Crippen LogP contribution is 2.31. The first-order chi connectivity index (χ1) is 62.9. The molecular weight excluding hydrogens is 2210 g/mol. The van der Waals surface area contributed by atoms with Crippen LogP contribution in [0.2, 0.25) is 80.4 Å². The van der Waals surface area contributed by atoms with Crippen LogP contribution in [0.3, 0.4) is 0 Å². The van der Waals surface area contributed by atoms with Crippen LogP contribution < -0.4 is 86.1 Å². The van der Waals surface area contributed by atoms with Gasteiger partial charge in [0.25, 0.3) is 23.6 Å². The van der Waals surface area contributed by atoms with Crippen molar-refractivity contribution in [2.45, 2.75) is 0 Å². The van der Waals surface area contributed by atoms with Gasteiger partial charge in [0.15, 0.2) is 0 Å². The van der Waals surface area contributed by atoms with E-state index in [2.05, 4.69) is 144 Å². The molecule has 0 fully saturated rings. The SMILES string of the molecule is CN(C)C(=O)C#Cc1ccccc1C#CC(=O)N(C)C.CN(C)C(=O)C#Cc1ccccc1C#CC(=O)N(C)C.Clc1cc(Cl)cc([B-](c2cc(Cl)cc(Cl)c2)(c2cc(Cl)cc(Cl)c2)c2cc(Cl)cc(Cl)c2)c1.Clc1cc(Cl)cc([B-](c2cc(Cl)cc(Cl)c2)(c2cc(Cl)cc(Cl)c2)c2cc(Cl)cc(Cl)c2)c1.c1ccc2c(c1)[I+]c1ccccc1-2.c1ccc2c(c1)[I+]c1ccccc1-2. The fourth-order valence-electron chi connectivity index (χ4n) is 14.5. The molecule has 4 amide bonds. The first kappa shape index (κ1) is 104. The third-order valence-corrected chi connectivity index (χ3v) is 29.8. The number of halogens is 18. The van der Waals surface area contributed by atoms with Gasteiger partial charge in [0.1, 0.15) is 12.3 Å². The molecule has 132 heavy (non-hydrogen) atoms. The standard InChI is InChI=1S/2C24H12BCl8.2C16H16N2O2.2C12H8I/c2*26-17-1-13(2-18(27)9-17)25(14-3-19(28)10-20(29)4-14,15-5-21(30)11-22(31)6-15)16-7-23(32)12-24(33)8-16;2*1-17(2)15(19)11-9-13-7-5-6-8-14(13)10-12-16(20)18(3)4;2*1-3-7-11-9(5-1)10-6-2-4-8-12(10)13-11/h2*1-12H;2*5-8H,1-4H3;2*1-8H/q2*-1;;;2*+1. The summed E-state index contributed by atoms with van der Waals surface area (Å²) in [6.07, 6.45) is -4.09. The van der Waals surface area contributed by atoms with E-state index in [-0.39, 0.29) is 66.0 Å². The van der Waals surface area contributed by atoms with Crippen molar-refractivity contribution < 1.29 is 61.6 Å². The summed E-state index contributed by atoms with van der Waals surface area (Å²) in [7, 11) is 13.1. The molecule has 0 aliphatic carbocycles. The van der Waals surface area contributed by atoms with E-state index >= 15 is 0 Å². The Kier molecular flexibility index (Phi) is 38.0. The van der Waals surface area contributed by atoms with Gasteiger partial charge < -0.3 is 19.6 Å². The Bertz CT molecular complexity index is 5830. The number of amides is 4. The normalized spacial score (nSPS) is 10.8. The van der Waals surface area contributed by atoms with Gasteiger partial charge in [-0.2, -0.15) is 43.7 Å². The predicted molar refractivity (Wildman–Crippen MR) is 554 cm³/mol. The summed E-state index contributed by atoms with van der Waals surface area (Å²) >= 11 is 104. The summed E-state index contributed by atoms with van der Waals surface area (Å²) in [5.74, 6) is 20.1. The van der Waals surface area contributed by atoms with E-state index in [1.807, 2.05) is 121 Å². The number of carbonyl (C=O) groups excluding carboxylic acids is 4. The molecule has 0 saturated carbocycles. The summed E-state index contributed by atoms with van der Waals surface area (Å²) in [6.45, 7) is 0. The smallest absolute Gasteiger partial charge is 0.338 e. The van der Waals surface area contributed by atoms with Gasteiger partial charge in [0.05, 0.1) is 0 Å². The van der Waals surface area contributed by atoms with Gasteiger partial charge in [0.2, 0.25) is 14.3 Å². The summed E-state index contributed by atoms with van der Waals surface area (Å²) in [5.41, 5.74) is 14.6. The molecule has 28 heteroatoms. The minimum Gasteiger partial charge on any atom is -0.338 e. The molecule has 14 aromatic rings. The van der Waals surface area contributed by atoms with E-state index in [9.17, 15) is 19.2 Å². The molecule has 2 aliphatic heterocycles. The van der Waals surface area contributed by atoms with E-state index in [1.54, 1.807) is 143 Å². The lowest BCUT2D eigenvalue weighted by atomic mass is 9.13. The van der Waals surface area contributed by atoms with Crippen molar-refractivity contribution >= 4 is 265 Å². The lowest BCUT2D eigenvalue weighted by molar-refractivity contribution is -0.590. The van der Waals surface area contributed by atoms with Crippen molar-refractivity contribution in [3.05, 3.63) is 408 Å². The molecule has 0 aromatic heterocycles. The molecule has 16 rings (SSSR count). The monoisotopic (exact) mass is 2280 g/mol. The lowest BCUT2D eigenvalue weighted by Gasteiger charge is -2.45. The van der Waals surface area contributed by atoms with Crippen molar-refractivity contribution in [3.63, 3.8) is 0 Å². The quantitative estimate of drug-likeness (QED) is 0.0862. The molecule has 0 radical (unpaired) electrons. The van der Waals surface area contributed by atoms with Crippen molar-refractivity contribution in [2.75, 3.05) is 56.4 Å². The molecule has 8 nitrogen and oxygen atoms in total. The fourth-order valence-corrected chi connectivity index (χ4v) is 24.7. The average Bonchev–Trinajstić information content (AvgIpc) is 0.949. The predicted octanol–water partition coefficient (Wildman–Crippen LogP) is 17.3. The van der Waals surface area contributed by atoms with Gasteiger partial charge >= 0.3 is 42.4 Å². The third kappa shape index (κ3) is 27.4. The van der Waals surface area contributed by atoms with Gasteiger partial charge in [-0.3, -0.25) is 19.2 Å². The molecule has 0 saturated heterocycles. The summed E-state index contributed by atoms with van der Waals surface area (Å²) in [5, 5.41) is 7.31. The van der Waals surface area contributed by atoms with Crippen molar-refractivity contribution in [3.8, 4) is 69.6 Å². The largest absolute Gasteiger partial charge is 0.359 e. The molecular formula is C104H72B2Cl16I2N4O4. The van der Waals surface area contributed by atoms with Gasteiger partial charge in [0, 0.05) is 205 Å². The average molecular weight is 2280 g/mol. The summed E-state index contributed by atoms with van der Waals surface area (Å²) in [6, 6.07) is 92.1. The molecule has 0 N–H and O–H groups in total. The molecule has 0 spiro atoms. The maximum atomic E-state index is 11.4. The number of nitrogens with zero attached hydrogens (tertiary/aromatic N) is 4. The number of rotatable bonds is 8. The van der Waals surface area contributed by atoms with Crippen LogP contribution in [0.15, 0.2) is 291 Å². The minimum atomic E-state index is -2.04. The van der Waals surface area contributed by atoms with Crippen LogP contribution in [-0.4, -0.2) is 112 Å². The molecule has 2 heterocycles. The van der Waals surface area contributed by atoms with Crippen LogP contribution in [-0.2, 0) is 19.2 Å². The number of benzene rings is 14. The first-order valence-corrected chi connectivity index (χ1v) is 50.1. The highest BCUT2D eigenvalue weighted by Gasteiger charge is 2.38. The van der Waals surface area contributed by atoms with Crippen LogP contribution in [0, 0.1) is 61.6 Å². The summed E-state index contributed by atoms with van der Waals surface area (Å²) < 4.78 is 6.29. The second-order valence-electron chi connectivity index (χ2n) is 30.4. The van der Waals surface area contributed by atoms with Crippen LogP contribution in [0.25, 0.3) is 22.3 Å². The van der Waals surface area contributed by atoms with Crippen LogP contribution in [0.5, 0.6) is 0 Å². The van der Waals surface area contributed by atoms with E-state index in [4.69, 9.17) is 186 Å². The molecule has 0 bridgehead atoms. The Morgan fingerprint density at radius 1 is 0.205 bits per heavy atom. The van der Waals surface area contributed by atoms with Gasteiger partial charge in [-0.05, 0) is 121 Å². The Hall–Kier alpha value is -8.57. The van der Waals surface area contributed by atoms with Gasteiger partial charge in [-0.25, -0.2) is 0 Å². The Morgan fingerprint density at radius 3 is 0.470 bits per heavy atom. The maximum Gasteiger partial charge on any atom is 0.359 e. The second-order valence-corrected chi connectivity index (χ2v) is 43.1. The zero-order chi connectivity index (χ0) is 95.4. The number of hydrogen-bond donors (Lipinski definition) is 0. The third-order valence-electron chi connectivity index (χ3n) is 20.3. The van der Waals surface area contributed by atoms with Crippen molar-refractivity contribution in [1.82, 2.24) is 19.6 Å². The molecule has 2 aliphatic rings. The van der Waals surface area contributed by atoms with Crippen molar-refractivity contribution in [1.29, 1.82) is 0 Å². The van der Waals surface area contributed by atoms with Gasteiger partial charge in [-0.15, -0.1) is 0 Å². The Balaban J connectivity index is 0.000000158. The van der Waals surface area contributed by atoms with E-state index in [0.717, 1.165) is 43.7 Å². The lowest BCUT2D eigenvalue weighted by Crippen LogP contribution is -3.61. The van der Waals surface area contributed by atoms with Crippen LogP contribution in [0.1, 0.15) is 22.3 Å². The molecule has 0 unspecified atom stereocenters. The van der Waals surface area contributed by atoms with Crippen molar-refractivity contribution in [2.24, 2.45) is 0 Å². The van der Waals surface area contributed by atoms with E-state index in [0.29, 0.717) is 103 Å². The Labute approximate surface area is 870 Å². The minimum absolute atomic E-state index is 0.103. The van der Waals surface area contributed by atoms with Gasteiger partial charge in [-0.1, -0.05) is 379 Å². The maximum absolute atomic E-state index is 11.4. The topological polar surface area (TPSA) is 81.2 Å². The van der Waals surface area contributed by atoms with Crippen LogP contribution >= 0.6 is 186 Å². The summed E-state index contributed by atoms with van der Waals surface area (Å²) in [4.78, 5) is 51.4. The number of fused-ring (bicyclic) bond motifs is 6. The molecule has 664 valence electrons. The zero-order valence-corrected chi connectivity index (χ0v) is 87.5. The molecule has 14 aromatic carbocycles. The second kappa shape index (κ2) is 48.2. The molecule has 0 atom stereocenters. The Morgan fingerprint density at radius 2 is 0.333 bits per heavy atom. The highest BCUT2D eigenvalue weighted by atomic mass is 127. The number of hydrogen-bond acceptors (Lipinski definition) is 4.